The van der Waals surface area contributed by atoms with E-state index in [4.69, 9.17) is 24.4 Å². The zero-order chi connectivity index (χ0) is 22.8. The Bertz CT molecular complexity index is 674. The molecule has 6 nitrogen and oxygen atoms in total. The van der Waals surface area contributed by atoms with Crippen molar-refractivity contribution >= 4 is 6.29 Å². The average Bonchev–Trinajstić information content (AvgIpc) is 2.74. The van der Waals surface area contributed by atoms with E-state index in [-0.39, 0.29) is 19.5 Å². The number of benzene rings is 2. The number of hydrogen-bond acceptors (Lipinski definition) is 6. The van der Waals surface area contributed by atoms with Crippen LogP contribution in [0.1, 0.15) is 47.8 Å². The lowest BCUT2D eigenvalue weighted by molar-refractivity contribution is -0.123. The number of carbonyl (C=O) groups excluding carboxylic acids is 1. The first-order chi connectivity index (χ1) is 14.4. The second kappa shape index (κ2) is 17.6. The lowest BCUT2D eigenvalue weighted by Gasteiger charge is -2.12. The number of para-hydroxylation sites is 1. The summed E-state index contributed by atoms with van der Waals surface area (Å²) in [6.07, 6.45) is 0.827. The fourth-order valence-corrected chi connectivity index (χ4v) is 2.47. The molecule has 0 saturated heterocycles. The Morgan fingerprint density at radius 2 is 1.43 bits per heavy atom. The maximum atomic E-state index is 10.9. The minimum Gasteiger partial charge on any atom is -0.488 e. The van der Waals surface area contributed by atoms with Crippen molar-refractivity contribution in [1.29, 1.82) is 0 Å². The lowest BCUT2D eigenvalue weighted by atomic mass is 10.1. The van der Waals surface area contributed by atoms with Gasteiger partial charge in [0.1, 0.15) is 18.6 Å². The molecule has 0 aliphatic heterocycles. The fraction of sp³-hybridized carbons (Fsp3) is 0.458. The second-order valence-corrected chi connectivity index (χ2v) is 6.25. The van der Waals surface area contributed by atoms with Crippen molar-refractivity contribution in [3.63, 3.8) is 0 Å². The van der Waals surface area contributed by atoms with E-state index in [1.54, 1.807) is 6.07 Å². The summed E-state index contributed by atoms with van der Waals surface area (Å²) in [5.74, 6) is 0.901. The summed E-state index contributed by atoms with van der Waals surface area (Å²) >= 11 is 0. The van der Waals surface area contributed by atoms with E-state index in [0.29, 0.717) is 12.2 Å². The highest BCUT2D eigenvalue weighted by molar-refractivity contribution is 5.77. The number of aliphatic hydroxyl groups excluding tert-OH is 2. The molecule has 2 N–H and O–H groups in total. The van der Waals surface area contributed by atoms with E-state index in [1.807, 2.05) is 71.0 Å². The van der Waals surface area contributed by atoms with E-state index in [1.165, 1.54) is 0 Å². The van der Waals surface area contributed by atoms with Gasteiger partial charge in [0.05, 0.1) is 13.2 Å². The maximum absolute atomic E-state index is 10.9. The molecule has 0 unspecified atom stereocenters. The zero-order valence-corrected chi connectivity index (χ0v) is 18.8. The van der Waals surface area contributed by atoms with Crippen molar-refractivity contribution in [3.8, 4) is 5.75 Å². The van der Waals surface area contributed by atoms with Crippen LogP contribution in [0.3, 0.4) is 0 Å². The molecule has 6 heteroatoms. The molecule has 0 radical (unpaired) electrons. The second-order valence-electron chi connectivity index (χ2n) is 6.25. The summed E-state index contributed by atoms with van der Waals surface area (Å²) in [7, 11) is 0. The topological polar surface area (TPSA) is 85.2 Å². The van der Waals surface area contributed by atoms with Crippen LogP contribution in [-0.2, 0) is 16.1 Å². The number of ether oxygens (including phenoxy) is 3. The monoisotopic (exact) mass is 420 g/mol. The van der Waals surface area contributed by atoms with Gasteiger partial charge in [0.15, 0.2) is 6.29 Å². The van der Waals surface area contributed by atoms with E-state index in [2.05, 4.69) is 0 Å². The number of rotatable bonds is 9. The Hall–Kier alpha value is -2.25. The lowest BCUT2D eigenvalue weighted by Crippen LogP contribution is -2.11. The third-order valence-electron chi connectivity index (χ3n) is 3.87. The third kappa shape index (κ3) is 11.7. The molecule has 168 valence electrons. The van der Waals surface area contributed by atoms with Gasteiger partial charge >= 0.3 is 0 Å². The van der Waals surface area contributed by atoms with Crippen LogP contribution in [0.4, 0.5) is 0 Å². The predicted molar refractivity (Wildman–Crippen MR) is 119 cm³/mol. The molecule has 0 heterocycles. The first kappa shape index (κ1) is 27.8. The van der Waals surface area contributed by atoms with Gasteiger partial charge in [0.25, 0.3) is 0 Å². The van der Waals surface area contributed by atoms with Crippen LogP contribution >= 0.6 is 0 Å². The average molecular weight is 421 g/mol. The number of aldehydes is 1. The molecule has 2 aromatic rings. The molecule has 0 fully saturated rings. The Morgan fingerprint density at radius 3 is 1.90 bits per heavy atom. The molecule has 0 saturated carbocycles. The third-order valence-corrected chi connectivity index (χ3v) is 3.87. The summed E-state index contributed by atoms with van der Waals surface area (Å²) in [5, 5.41) is 15.2. The summed E-state index contributed by atoms with van der Waals surface area (Å²) in [6.45, 7) is 11.5. The molecular formula is C24H36O6. The first-order valence-corrected chi connectivity index (χ1v) is 10.1. The van der Waals surface area contributed by atoms with Crippen molar-refractivity contribution in [1.82, 2.24) is 0 Å². The minimum atomic E-state index is -0.125. The quantitative estimate of drug-likeness (QED) is 0.470. The molecule has 0 aliphatic rings. The molecule has 0 aliphatic carbocycles. The molecule has 30 heavy (non-hydrogen) atoms. The van der Waals surface area contributed by atoms with Crippen LogP contribution in [0.15, 0.2) is 42.5 Å². The van der Waals surface area contributed by atoms with Crippen molar-refractivity contribution in [3.05, 3.63) is 64.7 Å². The van der Waals surface area contributed by atoms with E-state index in [9.17, 15) is 4.79 Å². The van der Waals surface area contributed by atoms with Crippen LogP contribution in [-0.4, -0.2) is 49.2 Å². The Balaban J connectivity index is 0.000000585. The van der Waals surface area contributed by atoms with Gasteiger partial charge in [0, 0.05) is 18.8 Å². The summed E-state index contributed by atoms with van der Waals surface area (Å²) < 4.78 is 16.0. The molecule has 2 aromatic carbocycles. The normalized spacial score (nSPS) is 9.87. The van der Waals surface area contributed by atoms with Crippen LogP contribution in [0, 0.1) is 13.8 Å². The van der Waals surface area contributed by atoms with Gasteiger partial charge in [-0.1, -0.05) is 42.5 Å². The van der Waals surface area contributed by atoms with Crippen LogP contribution in [0.5, 0.6) is 5.75 Å². The highest BCUT2D eigenvalue weighted by Crippen LogP contribution is 2.23. The molecule has 0 atom stereocenters. The van der Waals surface area contributed by atoms with E-state index in [0.717, 1.165) is 41.9 Å². The molecule has 2 rings (SSSR count). The largest absolute Gasteiger partial charge is 0.488 e. The highest BCUT2D eigenvalue weighted by Gasteiger charge is 2.05. The van der Waals surface area contributed by atoms with Gasteiger partial charge in [-0.2, -0.15) is 0 Å². The highest BCUT2D eigenvalue weighted by atomic mass is 16.7. The van der Waals surface area contributed by atoms with Gasteiger partial charge in [-0.05, 0) is 51.3 Å². The Kier molecular flexibility index (Phi) is 16.3. The maximum Gasteiger partial charge on any atom is 0.154 e. The van der Waals surface area contributed by atoms with E-state index >= 15 is 0 Å². The van der Waals surface area contributed by atoms with Crippen LogP contribution in [0.2, 0.25) is 0 Å². The number of aryl methyl sites for hydroxylation is 2. The molecule has 0 aromatic heterocycles. The van der Waals surface area contributed by atoms with Crippen molar-refractivity contribution in [2.24, 2.45) is 0 Å². The van der Waals surface area contributed by atoms with Gasteiger partial charge < -0.3 is 24.4 Å². The Morgan fingerprint density at radius 1 is 0.900 bits per heavy atom. The van der Waals surface area contributed by atoms with Crippen molar-refractivity contribution < 1.29 is 29.2 Å². The van der Waals surface area contributed by atoms with Crippen molar-refractivity contribution in [2.75, 3.05) is 26.4 Å². The molecule has 0 bridgehead atoms. The summed E-state index contributed by atoms with van der Waals surface area (Å²) in [6, 6.07) is 13.5. The summed E-state index contributed by atoms with van der Waals surface area (Å²) in [4.78, 5) is 10.9. The summed E-state index contributed by atoms with van der Waals surface area (Å²) in [5.41, 5.74) is 3.82. The van der Waals surface area contributed by atoms with Gasteiger partial charge in [-0.3, -0.25) is 4.79 Å². The molecule has 0 amide bonds. The van der Waals surface area contributed by atoms with Gasteiger partial charge in [-0.25, -0.2) is 0 Å². The zero-order valence-electron chi connectivity index (χ0n) is 18.8. The van der Waals surface area contributed by atoms with Crippen LogP contribution in [0.25, 0.3) is 0 Å². The molecule has 0 spiro atoms. The van der Waals surface area contributed by atoms with Gasteiger partial charge in [-0.15, -0.1) is 0 Å². The Labute approximate surface area is 180 Å². The van der Waals surface area contributed by atoms with Gasteiger partial charge in [0.2, 0.25) is 0 Å². The fourth-order valence-electron chi connectivity index (χ4n) is 2.47. The van der Waals surface area contributed by atoms with E-state index < -0.39 is 0 Å². The SMILES string of the molecule is CCOC(C)OCC.Cc1cccc(C)c1OCc1ccccc1C=O.OCCO. The predicted octanol–water partition coefficient (Wildman–Crippen LogP) is 4.07. The smallest absolute Gasteiger partial charge is 0.154 e. The standard InChI is InChI=1S/C16H16O2.C6H14O2.C2H6O2/c1-12-6-5-7-13(2)16(12)18-11-15-9-4-3-8-14(15)10-17;1-4-7-6(3)8-5-2;3-1-2-4/h3-10H,11H2,1-2H3;6H,4-5H2,1-3H3;3-4H,1-2H2. The van der Waals surface area contributed by atoms with Crippen molar-refractivity contribution in [2.45, 2.75) is 47.5 Å². The molecular weight excluding hydrogens is 384 g/mol. The minimum absolute atomic E-state index is 0.0370. The first-order valence-electron chi connectivity index (χ1n) is 10.1. The van der Waals surface area contributed by atoms with Crippen LogP contribution < -0.4 is 4.74 Å². The number of carbonyl (C=O) groups is 1. The number of aliphatic hydroxyl groups is 2. The number of hydrogen-bond donors (Lipinski definition) is 2.